The lowest BCUT2D eigenvalue weighted by atomic mass is 10.1. The van der Waals surface area contributed by atoms with Crippen molar-refractivity contribution in [1.82, 2.24) is 15.5 Å². The van der Waals surface area contributed by atoms with Gasteiger partial charge in [0.1, 0.15) is 0 Å². The standard InChI is InChI=1S/C22H35N5O3S.HI/c1-4-23-22(24-10-8-21(28)25-19-9-15-31(29,30)16-19)27-13-11-26(12-14-27)20-7-5-6-17(2)18(20)3;/h5-7,19H,4,8-16H2,1-3H3,(H,23,24)(H,25,28);1H. The first-order valence-corrected chi connectivity index (χ1v) is 13.0. The molecule has 10 heteroatoms. The van der Waals surface area contributed by atoms with Crippen LogP contribution in [0, 0.1) is 13.8 Å². The maximum Gasteiger partial charge on any atom is 0.222 e. The molecule has 0 aliphatic carbocycles. The van der Waals surface area contributed by atoms with Crippen LogP contribution < -0.4 is 15.5 Å². The van der Waals surface area contributed by atoms with Crippen LogP contribution in [0.1, 0.15) is 30.9 Å². The maximum absolute atomic E-state index is 12.2. The van der Waals surface area contributed by atoms with Gasteiger partial charge in [0.05, 0.1) is 18.1 Å². The predicted molar refractivity (Wildman–Crippen MR) is 141 cm³/mol. The second-order valence-electron chi connectivity index (χ2n) is 8.35. The molecule has 32 heavy (non-hydrogen) atoms. The molecule has 1 atom stereocenters. The molecule has 0 aromatic heterocycles. The number of rotatable bonds is 6. The SMILES string of the molecule is CCNC(=NCCC(=O)NC1CCS(=O)(=O)C1)N1CCN(c2cccc(C)c2C)CC1.I. The number of guanidine groups is 1. The van der Waals surface area contributed by atoms with Crippen molar-refractivity contribution < 1.29 is 13.2 Å². The summed E-state index contributed by atoms with van der Waals surface area (Å²) in [6.45, 7) is 11.1. The Morgan fingerprint density at radius 1 is 1.19 bits per heavy atom. The van der Waals surface area contributed by atoms with E-state index in [-0.39, 0.29) is 53.9 Å². The number of anilines is 1. The molecule has 0 saturated carbocycles. The molecule has 3 rings (SSSR count). The quantitative estimate of drug-likeness (QED) is 0.304. The van der Waals surface area contributed by atoms with Gasteiger partial charge in [-0.15, -0.1) is 24.0 Å². The van der Waals surface area contributed by atoms with Crippen molar-refractivity contribution in [3.05, 3.63) is 29.3 Å². The van der Waals surface area contributed by atoms with Crippen molar-refractivity contribution in [2.24, 2.45) is 4.99 Å². The molecule has 1 amide bonds. The highest BCUT2D eigenvalue weighted by Crippen LogP contribution is 2.23. The second kappa shape index (κ2) is 12.1. The number of aliphatic imine (C=N–C) groups is 1. The van der Waals surface area contributed by atoms with Gasteiger partial charge < -0.3 is 20.4 Å². The number of aryl methyl sites for hydroxylation is 1. The van der Waals surface area contributed by atoms with Crippen LogP contribution in [0.2, 0.25) is 0 Å². The molecule has 1 aromatic carbocycles. The summed E-state index contributed by atoms with van der Waals surface area (Å²) in [6, 6.07) is 6.19. The third-order valence-corrected chi connectivity index (χ3v) is 7.80. The minimum Gasteiger partial charge on any atom is -0.368 e. The molecule has 2 heterocycles. The molecule has 0 radical (unpaired) electrons. The summed E-state index contributed by atoms with van der Waals surface area (Å²) in [6.07, 6.45) is 0.762. The average molecular weight is 578 g/mol. The van der Waals surface area contributed by atoms with Crippen molar-refractivity contribution in [2.75, 3.05) is 55.7 Å². The number of hydrogen-bond acceptors (Lipinski definition) is 5. The summed E-state index contributed by atoms with van der Waals surface area (Å²) in [5.74, 6) is 0.908. The zero-order valence-electron chi connectivity index (χ0n) is 19.3. The van der Waals surface area contributed by atoms with Gasteiger partial charge in [0.25, 0.3) is 0 Å². The predicted octanol–water partition coefficient (Wildman–Crippen LogP) is 1.70. The lowest BCUT2D eigenvalue weighted by Gasteiger charge is -2.38. The Hall–Kier alpha value is -1.56. The molecule has 2 N–H and O–H groups in total. The lowest BCUT2D eigenvalue weighted by Crippen LogP contribution is -2.52. The molecule has 180 valence electrons. The molecule has 8 nitrogen and oxygen atoms in total. The Labute approximate surface area is 209 Å². The number of sulfone groups is 1. The fourth-order valence-electron chi connectivity index (χ4n) is 4.14. The van der Waals surface area contributed by atoms with E-state index in [1.165, 1.54) is 16.8 Å². The largest absolute Gasteiger partial charge is 0.368 e. The van der Waals surface area contributed by atoms with Gasteiger partial charge in [-0.1, -0.05) is 12.1 Å². The van der Waals surface area contributed by atoms with Gasteiger partial charge in [-0.05, 0) is 44.4 Å². The highest BCUT2D eigenvalue weighted by molar-refractivity contribution is 14.0. The van der Waals surface area contributed by atoms with Crippen LogP contribution in [0.4, 0.5) is 5.69 Å². The van der Waals surface area contributed by atoms with Gasteiger partial charge in [0, 0.05) is 50.9 Å². The van der Waals surface area contributed by atoms with Crippen molar-refractivity contribution in [1.29, 1.82) is 0 Å². The van der Waals surface area contributed by atoms with Crippen molar-refractivity contribution in [3.8, 4) is 0 Å². The van der Waals surface area contributed by atoms with Crippen molar-refractivity contribution in [2.45, 2.75) is 39.7 Å². The van der Waals surface area contributed by atoms with Gasteiger partial charge in [-0.2, -0.15) is 0 Å². The Morgan fingerprint density at radius 3 is 2.53 bits per heavy atom. The molecule has 2 aliphatic heterocycles. The molecule has 0 spiro atoms. The summed E-state index contributed by atoms with van der Waals surface area (Å²) in [4.78, 5) is 21.5. The van der Waals surface area contributed by atoms with Gasteiger partial charge in [0.2, 0.25) is 5.91 Å². The number of carbonyl (C=O) groups is 1. The summed E-state index contributed by atoms with van der Waals surface area (Å²) >= 11 is 0. The first-order valence-electron chi connectivity index (χ1n) is 11.1. The number of hydrogen-bond donors (Lipinski definition) is 2. The van der Waals surface area contributed by atoms with E-state index in [9.17, 15) is 13.2 Å². The monoisotopic (exact) mass is 577 g/mol. The summed E-state index contributed by atoms with van der Waals surface area (Å²) in [5, 5.41) is 6.16. The first kappa shape index (κ1) is 26.7. The van der Waals surface area contributed by atoms with E-state index < -0.39 is 9.84 Å². The Balaban J connectivity index is 0.00000363. The third kappa shape index (κ3) is 7.23. The molecule has 0 bridgehead atoms. The average Bonchev–Trinajstić information content (AvgIpc) is 3.07. The molecular weight excluding hydrogens is 541 g/mol. The van der Waals surface area contributed by atoms with Crippen LogP contribution in [-0.2, 0) is 14.6 Å². The summed E-state index contributed by atoms with van der Waals surface area (Å²) in [7, 11) is -2.99. The third-order valence-electron chi connectivity index (χ3n) is 6.03. The first-order chi connectivity index (χ1) is 14.8. The summed E-state index contributed by atoms with van der Waals surface area (Å²) in [5.41, 5.74) is 3.94. The number of benzene rings is 1. The Kier molecular flexibility index (Phi) is 10.1. The molecule has 1 aromatic rings. The van der Waals surface area contributed by atoms with Crippen molar-refractivity contribution >= 4 is 51.4 Å². The fraction of sp³-hybridized carbons (Fsp3) is 0.636. The van der Waals surface area contributed by atoms with E-state index in [0.717, 1.165) is 38.7 Å². The van der Waals surface area contributed by atoms with Crippen LogP contribution in [0.15, 0.2) is 23.2 Å². The molecule has 2 saturated heterocycles. The van der Waals surface area contributed by atoms with Gasteiger partial charge >= 0.3 is 0 Å². The zero-order chi connectivity index (χ0) is 22.4. The van der Waals surface area contributed by atoms with E-state index in [4.69, 9.17) is 0 Å². The highest BCUT2D eigenvalue weighted by atomic mass is 127. The number of halogens is 1. The highest BCUT2D eigenvalue weighted by Gasteiger charge is 2.28. The second-order valence-corrected chi connectivity index (χ2v) is 10.6. The van der Waals surface area contributed by atoms with Crippen LogP contribution in [-0.4, -0.2) is 82.0 Å². The number of carbonyl (C=O) groups excluding carboxylic acids is 1. The molecular formula is C22H36IN5O3S. The van der Waals surface area contributed by atoms with Crippen LogP contribution in [0.5, 0.6) is 0 Å². The Bertz CT molecular complexity index is 914. The Morgan fingerprint density at radius 2 is 1.91 bits per heavy atom. The normalized spacial score (nSPS) is 20.6. The number of amides is 1. The minimum absolute atomic E-state index is 0. The molecule has 2 fully saturated rings. The molecule has 2 aliphatic rings. The van der Waals surface area contributed by atoms with E-state index in [1.54, 1.807) is 0 Å². The number of piperazine rings is 1. The molecule has 1 unspecified atom stereocenters. The number of nitrogens with one attached hydrogen (secondary N) is 2. The van der Waals surface area contributed by atoms with E-state index >= 15 is 0 Å². The van der Waals surface area contributed by atoms with Crippen molar-refractivity contribution in [3.63, 3.8) is 0 Å². The number of nitrogens with zero attached hydrogens (tertiary/aromatic N) is 3. The fourth-order valence-corrected chi connectivity index (χ4v) is 5.81. The topological polar surface area (TPSA) is 94.1 Å². The van der Waals surface area contributed by atoms with Crippen LogP contribution in [0.25, 0.3) is 0 Å². The lowest BCUT2D eigenvalue weighted by molar-refractivity contribution is -0.121. The van der Waals surface area contributed by atoms with E-state index in [2.05, 4.69) is 57.5 Å². The smallest absolute Gasteiger partial charge is 0.222 e. The van der Waals surface area contributed by atoms with E-state index in [0.29, 0.717) is 13.0 Å². The van der Waals surface area contributed by atoms with Gasteiger partial charge in [0.15, 0.2) is 15.8 Å². The van der Waals surface area contributed by atoms with Gasteiger partial charge in [-0.3, -0.25) is 9.79 Å². The van der Waals surface area contributed by atoms with Crippen LogP contribution >= 0.6 is 24.0 Å². The van der Waals surface area contributed by atoms with Crippen LogP contribution in [0.3, 0.4) is 0 Å². The van der Waals surface area contributed by atoms with Gasteiger partial charge in [-0.25, -0.2) is 8.42 Å². The minimum atomic E-state index is -2.99. The maximum atomic E-state index is 12.2. The van der Waals surface area contributed by atoms with E-state index in [1.807, 2.05) is 6.92 Å². The summed E-state index contributed by atoms with van der Waals surface area (Å²) < 4.78 is 23.1. The zero-order valence-corrected chi connectivity index (χ0v) is 22.4.